The number of hydrogen-bond donors (Lipinski definition) is 0. The average Bonchev–Trinajstić information content (AvgIpc) is 3.38. The molecule has 0 saturated carbocycles. The van der Waals surface area contributed by atoms with Crippen LogP contribution in [0.25, 0.3) is 10.2 Å². The normalized spacial score (nSPS) is 15.8. The average molecular weight is 549 g/mol. The molecule has 0 radical (unpaired) electrons. The molecule has 2 aliphatic heterocycles. The van der Waals surface area contributed by atoms with Crippen LogP contribution in [0.4, 0.5) is 5.13 Å². The molecule has 0 atom stereocenters. The largest absolute Gasteiger partial charge is 0.379 e. The summed E-state index contributed by atoms with van der Waals surface area (Å²) < 4.78 is 6.30. The van der Waals surface area contributed by atoms with E-state index in [1.165, 1.54) is 11.3 Å². The van der Waals surface area contributed by atoms with E-state index in [2.05, 4.69) is 4.90 Å². The van der Waals surface area contributed by atoms with Crippen LogP contribution in [0.1, 0.15) is 32.7 Å². The van der Waals surface area contributed by atoms with Gasteiger partial charge >= 0.3 is 0 Å². The van der Waals surface area contributed by atoms with Crippen LogP contribution in [0.2, 0.25) is 5.02 Å². The highest BCUT2D eigenvalue weighted by Crippen LogP contribution is 2.33. The Labute approximate surface area is 224 Å². The Hall–Kier alpha value is -2.56. The van der Waals surface area contributed by atoms with E-state index in [0.29, 0.717) is 41.0 Å². The van der Waals surface area contributed by atoms with Crippen molar-refractivity contribution in [3.05, 3.63) is 58.1 Å². The first kappa shape index (κ1) is 26.5. The molecule has 0 bridgehead atoms. The van der Waals surface area contributed by atoms with Crippen LogP contribution in [-0.2, 0) is 9.53 Å². The van der Waals surface area contributed by atoms with Crippen LogP contribution in [-0.4, -0.2) is 78.4 Å². The molecule has 0 N–H and O–H groups in total. The molecule has 3 amide bonds. The number of morpholine rings is 1. The second kappa shape index (κ2) is 11.2. The van der Waals surface area contributed by atoms with Crippen molar-refractivity contribution in [3.8, 4) is 0 Å². The molecule has 8 nitrogen and oxygen atoms in total. The molecule has 1 fully saturated rings. The van der Waals surface area contributed by atoms with Crippen LogP contribution in [0.3, 0.4) is 0 Å². The number of anilines is 1. The molecule has 0 aliphatic carbocycles. The number of aryl methyl sites for hydroxylation is 1. The maximum Gasteiger partial charge on any atom is 0.262 e. The highest BCUT2D eigenvalue weighted by molar-refractivity contribution is 7.22. The summed E-state index contributed by atoms with van der Waals surface area (Å²) in [6, 6.07) is 10.3. The molecule has 1 aromatic heterocycles. The Morgan fingerprint density at radius 1 is 1.14 bits per heavy atom. The van der Waals surface area contributed by atoms with Gasteiger partial charge in [-0.05, 0) is 43.2 Å². The van der Waals surface area contributed by atoms with Gasteiger partial charge in [0.1, 0.15) is 6.54 Å². The van der Waals surface area contributed by atoms with Gasteiger partial charge in [-0.15, -0.1) is 12.4 Å². The van der Waals surface area contributed by atoms with E-state index in [1.54, 1.807) is 29.2 Å². The van der Waals surface area contributed by atoms with Gasteiger partial charge in [0, 0.05) is 31.2 Å². The number of rotatable bonds is 7. The minimum atomic E-state index is -0.445. The Bertz CT molecular complexity index is 1270. The van der Waals surface area contributed by atoms with Gasteiger partial charge in [-0.3, -0.25) is 29.1 Å². The first-order valence-electron chi connectivity index (χ1n) is 11.5. The first-order valence-corrected chi connectivity index (χ1v) is 12.7. The summed E-state index contributed by atoms with van der Waals surface area (Å²) in [4.78, 5) is 48.9. The number of aromatic nitrogens is 1. The molecule has 11 heteroatoms. The highest BCUT2D eigenvalue weighted by atomic mass is 35.5. The summed E-state index contributed by atoms with van der Waals surface area (Å²) in [5.41, 5.74) is 2.38. The predicted molar refractivity (Wildman–Crippen MR) is 143 cm³/mol. The quantitative estimate of drug-likeness (QED) is 0.414. The van der Waals surface area contributed by atoms with E-state index in [-0.39, 0.29) is 24.9 Å². The van der Waals surface area contributed by atoms with Crippen molar-refractivity contribution in [2.24, 2.45) is 0 Å². The summed E-state index contributed by atoms with van der Waals surface area (Å²) in [5.74, 6) is -1.23. The van der Waals surface area contributed by atoms with Gasteiger partial charge in [-0.2, -0.15) is 0 Å². The molecule has 5 rings (SSSR count). The fourth-order valence-electron chi connectivity index (χ4n) is 4.47. The number of imide groups is 1. The first-order chi connectivity index (χ1) is 16.9. The van der Waals surface area contributed by atoms with E-state index in [4.69, 9.17) is 21.3 Å². The fourth-order valence-corrected chi connectivity index (χ4v) is 5.93. The SMILES string of the molecule is Cc1cc(Cl)cc2sc(N(CCCN3CCOCC3)C(=O)CN3C(=O)c4ccccc4C3=O)nc12.Cl. The number of amides is 3. The molecule has 3 aromatic rings. The van der Waals surface area contributed by atoms with Crippen LogP contribution in [0.15, 0.2) is 36.4 Å². The van der Waals surface area contributed by atoms with E-state index >= 15 is 0 Å². The van der Waals surface area contributed by atoms with Crippen molar-refractivity contribution >= 4 is 68.4 Å². The standard InChI is InChI=1S/C25H25ClN4O4S.ClH/c1-16-13-17(26)14-20-22(16)27-25(35-20)29(8-4-7-28-9-11-34-12-10-28)21(31)15-30-23(32)18-5-2-3-6-19(18)24(30)33;/h2-3,5-6,13-14H,4,7-12,15H2,1H3;1H. The lowest BCUT2D eigenvalue weighted by molar-refractivity contribution is -0.119. The maximum atomic E-state index is 13.5. The topological polar surface area (TPSA) is 83.0 Å². The molecule has 1 saturated heterocycles. The number of nitrogens with zero attached hydrogens (tertiary/aromatic N) is 4. The van der Waals surface area contributed by atoms with Gasteiger partial charge in [-0.25, -0.2) is 4.98 Å². The van der Waals surface area contributed by atoms with E-state index < -0.39 is 11.8 Å². The molecule has 2 aliphatic rings. The van der Waals surface area contributed by atoms with Gasteiger partial charge in [0.2, 0.25) is 5.91 Å². The summed E-state index contributed by atoms with van der Waals surface area (Å²) in [6.45, 7) is 5.98. The van der Waals surface area contributed by atoms with E-state index in [1.807, 2.05) is 19.1 Å². The van der Waals surface area contributed by atoms with E-state index in [0.717, 1.165) is 46.7 Å². The fraction of sp³-hybridized carbons (Fsp3) is 0.360. The second-order valence-electron chi connectivity index (χ2n) is 8.66. The van der Waals surface area contributed by atoms with Crippen LogP contribution in [0.5, 0.6) is 0 Å². The van der Waals surface area contributed by atoms with Gasteiger partial charge in [-0.1, -0.05) is 35.1 Å². The van der Waals surface area contributed by atoms with E-state index in [9.17, 15) is 14.4 Å². The third-order valence-electron chi connectivity index (χ3n) is 6.30. The zero-order valence-electron chi connectivity index (χ0n) is 19.7. The Kier molecular flexibility index (Phi) is 8.27. The van der Waals surface area contributed by atoms with Gasteiger partial charge < -0.3 is 4.74 Å². The molecule has 2 aromatic carbocycles. The highest BCUT2D eigenvalue weighted by Gasteiger charge is 2.37. The van der Waals surface area contributed by atoms with Gasteiger partial charge in [0.05, 0.1) is 34.6 Å². The van der Waals surface area contributed by atoms with Crippen molar-refractivity contribution in [3.63, 3.8) is 0 Å². The monoisotopic (exact) mass is 548 g/mol. The number of benzene rings is 2. The van der Waals surface area contributed by atoms with Crippen molar-refractivity contribution < 1.29 is 19.1 Å². The van der Waals surface area contributed by atoms with Gasteiger partial charge in [0.15, 0.2) is 5.13 Å². The number of carbonyl (C=O) groups is 3. The number of halogens is 2. The molecule has 3 heterocycles. The third kappa shape index (κ3) is 5.26. The summed E-state index contributed by atoms with van der Waals surface area (Å²) >= 11 is 7.62. The lowest BCUT2D eigenvalue weighted by Gasteiger charge is -2.28. The molecule has 0 unspecified atom stereocenters. The van der Waals surface area contributed by atoms with Crippen molar-refractivity contribution in [2.45, 2.75) is 13.3 Å². The van der Waals surface area contributed by atoms with Crippen molar-refractivity contribution in [2.75, 3.05) is 50.8 Å². The Morgan fingerprint density at radius 3 is 2.47 bits per heavy atom. The summed E-state index contributed by atoms with van der Waals surface area (Å²) in [7, 11) is 0. The third-order valence-corrected chi connectivity index (χ3v) is 7.55. The smallest absolute Gasteiger partial charge is 0.262 e. The Morgan fingerprint density at radius 2 is 1.81 bits per heavy atom. The van der Waals surface area contributed by atoms with Crippen LogP contribution in [0, 0.1) is 6.92 Å². The molecule has 190 valence electrons. The molecular formula is C25H26Cl2N4O4S. The summed E-state index contributed by atoms with van der Waals surface area (Å²) in [6.07, 6.45) is 0.726. The molecule has 0 spiro atoms. The molecule has 36 heavy (non-hydrogen) atoms. The van der Waals surface area contributed by atoms with Crippen molar-refractivity contribution in [1.82, 2.24) is 14.8 Å². The summed E-state index contributed by atoms with van der Waals surface area (Å²) in [5, 5.41) is 1.15. The lowest BCUT2D eigenvalue weighted by Crippen LogP contribution is -2.44. The number of thiazole rings is 1. The zero-order chi connectivity index (χ0) is 24.5. The minimum absolute atomic E-state index is 0. The second-order valence-corrected chi connectivity index (χ2v) is 10.1. The number of fused-ring (bicyclic) bond motifs is 2. The Balaban J connectivity index is 0.00000304. The lowest BCUT2D eigenvalue weighted by atomic mass is 10.1. The minimum Gasteiger partial charge on any atom is -0.379 e. The van der Waals surface area contributed by atoms with Gasteiger partial charge in [0.25, 0.3) is 11.8 Å². The molecular weight excluding hydrogens is 523 g/mol. The van der Waals surface area contributed by atoms with Crippen molar-refractivity contribution in [1.29, 1.82) is 0 Å². The maximum absolute atomic E-state index is 13.5. The predicted octanol–water partition coefficient (Wildman–Crippen LogP) is 4.03. The number of ether oxygens (including phenoxy) is 1. The zero-order valence-corrected chi connectivity index (χ0v) is 22.1. The number of hydrogen-bond acceptors (Lipinski definition) is 7. The van der Waals surface area contributed by atoms with Crippen LogP contribution >= 0.6 is 35.3 Å². The van der Waals surface area contributed by atoms with Crippen LogP contribution < -0.4 is 4.90 Å². The number of carbonyl (C=O) groups excluding carboxylic acids is 3.